The highest BCUT2D eigenvalue weighted by molar-refractivity contribution is 6.33. The molecule has 2 aromatic heterocycles. The molecule has 1 aliphatic rings. The van der Waals surface area contributed by atoms with E-state index in [-0.39, 0.29) is 11.8 Å². The first-order valence-corrected chi connectivity index (χ1v) is 9.96. The van der Waals surface area contributed by atoms with Gasteiger partial charge in [-0.15, -0.1) is 0 Å². The zero-order valence-electron chi connectivity index (χ0n) is 15.9. The molecule has 3 heterocycles. The van der Waals surface area contributed by atoms with Crippen molar-refractivity contribution in [1.29, 1.82) is 0 Å². The molecule has 28 heavy (non-hydrogen) atoms. The van der Waals surface area contributed by atoms with E-state index in [0.717, 1.165) is 36.5 Å². The molecule has 0 aliphatic carbocycles. The van der Waals surface area contributed by atoms with E-state index < -0.39 is 0 Å². The molecule has 0 saturated carbocycles. The third-order valence-corrected chi connectivity index (χ3v) is 5.56. The Hall–Kier alpha value is -2.66. The Morgan fingerprint density at radius 2 is 2.11 bits per heavy atom. The average molecular weight is 395 g/mol. The van der Waals surface area contributed by atoms with E-state index in [0.29, 0.717) is 23.7 Å². The highest BCUT2D eigenvalue weighted by Crippen LogP contribution is 2.28. The number of hydrogen-bond donors (Lipinski definition) is 0. The second-order valence-electron chi connectivity index (χ2n) is 7.31. The zero-order valence-corrected chi connectivity index (χ0v) is 16.6. The lowest BCUT2D eigenvalue weighted by molar-refractivity contribution is 0.0703. The van der Waals surface area contributed by atoms with Crippen LogP contribution in [0.2, 0.25) is 5.02 Å². The summed E-state index contributed by atoms with van der Waals surface area (Å²) >= 11 is 6.29. The molecule has 4 rings (SSSR count). The minimum Gasteiger partial charge on any atom is -0.338 e. The fourth-order valence-corrected chi connectivity index (χ4v) is 4.02. The molecular weight excluding hydrogens is 372 g/mol. The van der Waals surface area contributed by atoms with Crippen molar-refractivity contribution in [3.8, 4) is 0 Å². The minimum atomic E-state index is 0.00114. The number of carbonyl (C=O) groups excluding carboxylic acids is 1. The maximum atomic E-state index is 13.1. The summed E-state index contributed by atoms with van der Waals surface area (Å²) in [6.45, 7) is 4.06. The van der Waals surface area contributed by atoms with Crippen LogP contribution in [0.25, 0.3) is 0 Å². The molecule has 1 atom stereocenters. The van der Waals surface area contributed by atoms with Crippen LogP contribution in [0.5, 0.6) is 0 Å². The molecule has 0 bridgehead atoms. The number of hydrogen-bond acceptors (Lipinski definition) is 3. The van der Waals surface area contributed by atoms with Crippen LogP contribution in [0, 0.1) is 6.92 Å². The predicted octanol–water partition coefficient (Wildman–Crippen LogP) is 4.31. The smallest absolute Gasteiger partial charge is 0.255 e. The number of rotatable bonds is 4. The monoisotopic (exact) mass is 394 g/mol. The summed E-state index contributed by atoms with van der Waals surface area (Å²) < 4.78 is 2.14. The third-order valence-electron chi connectivity index (χ3n) is 5.23. The maximum absolute atomic E-state index is 13.1. The van der Waals surface area contributed by atoms with Crippen molar-refractivity contribution in [3.05, 3.63) is 82.7 Å². The van der Waals surface area contributed by atoms with Crippen molar-refractivity contribution in [1.82, 2.24) is 19.4 Å². The number of aromatic nitrogens is 3. The zero-order chi connectivity index (χ0) is 19.5. The van der Waals surface area contributed by atoms with Gasteiger partial charge >= 0.3 is 0 Å². The highest BCUT2D eigenvalue weighted by atomic mass is 35.5. The van der Waals surface area contributed by atoms with Crippen LogP contribution < -0.4 is 0 Å². The summed E-state index contributed by atoms with van der Waals surface area (Å²) in [6, 6.07) is 11.5. The van der Waals surface area contributed by atoms with Crippen molar-refractivity contribution in [2.45, 2.75) is 32.2 Å². The van der Waals surface area contributed by atoms with Crippen LogP contribution in [0.3, 0.4) is 0 Å². The highest BCUT2D eigenvalue weighted by Gasteiger charge is 2.29. The summed E-state index contributed by atoms with van der Waals surface area (Å²) in [4.78, 5) is 24.0. The SMILES string of the molecule is Cc1ccc(Cl)c(C(=O)N2CCC[C@@H](c3nccn3Cc3ccccn3)C2)c1. The Balaban J connectivity index is 1.53. The van der Waals surface area contributed by atoms with Crippen LogP contribution in [0.4, 0.5) is 0 Å². The molecule has 1 amide bonds. The lowest BCUT2D eigenvalue weighted by Crippen LogP contribution is -2.40. The Kier molecular flexibility index (Phi) is 5.44. The van der Waals surface area contributed by atoms with Gasteiger partial charge in [-0.1, -0.05) is 29.3 Å². The fraction of sp³-hybridized carbons (Fsp3) is 0.318. The van der Waals surface area contributed by atoms with Crippen LogP contribution in [-0.2, 0) is 6.54 Å². The molecule has 1 saturated heterocycles. The topological polar surface area (TPSA) is 51.0 Å². The fourth-order valence-electron chi connectivity index (χ4n) is 3.83. The molecule has 3 aromatic rings. The second-order valence-corrected chi connectivity index (χ2v) is 7.72. The van der Waals surface area contributed by atoms with Gasteiger partial charge in [0.15, 0.2) is 0 Å². The number of imidazole rings is 1. The molecule has 0 N–H and O–H groups in total. The largest absolute Gasteiger partial charge is 0.338 e. The normalized spacial score (nSPS) is 16.9. The van der Waals surface area contributed by atoms with Crippen LogP contribution in [0.1, 0.15) is 46.2 Å². The average Bonchev–Trinajstić information content (AvgIpc) is 3.18. The van der Waals surface area contributed by atoms with Gasteiger partial charge in [-0.3, -0.25) is 9.78 Å². The standard InChI is InChI=1S/C22H23ClN4O/c1-16-7-8-20(23)19(13-16)22(28)27-11-4-5-17(14-27)21-25-10-12-26(21)15-18-6-2-3-9-24-18/h2-3,6-10,12-13,17H,4-5,11,14-15H2,1H3/t17-/m1/s1. The number of nitrogens with zero attached hydrogens (tertiary/aromatic N) is 4. The van der Waals surface area contributed by atoms with Crippen molar-refractivity contribution in [2.75, 3.05) is 13.1 Å². The van der Waals surface area contributed by atoms with Gasteiger partial charge in [0.25, 0.3) is 5.91 Å². The molecule has 0 spiro atoms. The van der Waals surface area contributed by atoms with Gasteiger partial charge in [0, 0.05) is 37.6 Å². The molecular formula is C22H23ClN4O. The molecule has 1 aromatic carbocycles. The molecule has 1 aliphatic heterocycles. The van der Waals surface area contributed by atoms with E-state index in [1.165, 1.54) is 0 Å². The second kappa shape index (κ2) is 8.15. The summed E-state index contributed by atoms with van der Waals surface area (Å²) in [5, 5.41) is 0.509. The van der Waals surface area contributed by atoms with Crippen molar-refractivity contribution >= 4 is 17.5 Å². The number of likely N-dealkylation sites (tertiary alicyclic amines) is 1. The van der Waals surface area contributed by atoms with Crippen molar-refractivity contribution < 1.29 is 4.79 Å². The summed E-state index contributed by atoms with van der Waals surface area (Å²) in [5.41, 5.74) is 2.61. The van der Waals surface area contributed by atoms with Crippen LogP contribution in [-0.4, -0.2) is 38.4 Å². The van der Waals surface area contributed by atoms with E-state index >= 15 is 0 Å². The Bertz CT molecular complexity index is 970. The lowest BCUT2D eigenvalue weighted by Gasteiger charge is -2.33. The van der Waals surface area contributed by atoms with E-state index in [9.17, 15) is 4.79 Å². The number of piperidine rings is 1. The number of amides is 1. The number of aryl methyl sites for hydroxylation is 1. The number of halogens is 1. The minimum absolute atomic E-state index is 0.00114. The molecule has 6 heteroatoms. The van der Waals surface area contributed by atoms with Gasteiger partial charge in [0.05, 0.1) is 22.8 Å². The molecule has 144 valence electrons. The molecule has 0 unspecified atom stereocenters. The first kappa shape index (κ1) is 18.7. The van der Waals surface area contributed by atoms with Gasteiger partial charge in [0.2, 0.25) is 0 Å². The van der Waals surface area contributed by atoms with Gasteiger partial charge in [0.1, 0.15) is 5.82 Å². The van der Waals surface area contributed by atoms with Gasteiger partial charge in [-0.25, -0.2) is 4.98 Å². The Morgan fingerprint density at radius 1 is 1.21 bits per heavy atom. The molecule has 0 radical (unpaired) electrons. The Morgan fingerprint density at radius 3 is 2.93 bits per heavy atom. The lowest BCUT2D eigenvalue weighted by atomic mass is 9.96. The van der Waals surface area contributed by atoms with E-state index in [4.69, 9.17) is 11.6 Å². The predicted molar refractivity (Wildman–Crippen MR) is 110 cm³/mol. The summed E-state index contributed by atoms with van der Waals surface area (Å²) in [5.74, 6) is 1.22. The quantitative estimate of drug-likeness (QED) is 0.662. The number of benzene rings is 1. The first-order chi connectivity index (χ1) is 13.6. The van der Waals surface area contributed by atoms with Crippen LogP contribution >= 0.6 is 11.6 Å². The van der Waals surface area contributed by atoms with Gasteiger partial charge in [-0.2, -0.15) is 0 Å². The van der Waals surface area contributed by atoms with Gasteiger partial charge < -0.3 is 9.47 Å². The number of carbonyl (C=O) groups is 1. The maximum Gasteiger partial charge on any atom is 0.255 e. The summed E-state index contributed by atoms with van der Waals surface area (Å²) in [6.07, 6.45) is 7.60. The Labute approximate surface area is 170 Å². The van der Waals surface area contributed by atoms with E-state index in [1.54, 1.807) is 12.3 Å². The van der Waals surface area contributed by atoms with E-state index in [2.05, 4.69) is 14.5 Å². The van der Waals surface area contributed by atoms with Crippen molar-refractivity contribution in [2.24, 2.45) is 0 Å². The molecule has 5 nitrogen and oxygen atoms in total. The van der Waals surface area contributed by atoms with Crippen LogP contribution in [0.15, 0.2) is 55.0 Å². The number of pyridine rings is 1. The third kappa shape index (κ3) is 3.94. The summed E-state index contributed by atoms with van der Waals surface area (Å²) in [7, 11) is 0. The van der Waals surface area contributed by atoms with Gasteiger partial charge in [-0.05, 0) is 44.0 Å². The van der Waals surface area contributed by atoms with Crippen molar-refractivity contribution in [3.63, 3.8) is 0 Å². The molecule has 1 fully saturated rings. The van der Waals surface area contributed by atoms with E-state index in [1.807, 2.05) is 54.5 Å². The first-order valence-electron chi connectivity index (χ1n) is 9.58.